The molecule has 6 heteroatoms. The second-order valence-corrected chi connectivity index (χ2v) is 5.80. The zero-order chi connectivity index (χ0) is 15.1. The van der Waals surface area contributed by atoms with Crippen molar-refractivity contribution in [2.75, 3.05) is 20.8 Å². The average Bonchev–Trinajstić information content (AvgIpc) is 2.37. The minimum absolute atomic E-state index is 0.00447. The van der Waals surface area contributed by atoms with Crippen molar-refractivity contribution in [3.63, 3.8) is 0 Å². The molecule has 1 amide bonds. The summed E-state index contributed by atoms with van der Waals surface area (Å²) in [6, 6.07) is 4.08. The summed E-state index contributed by atoms with van der Waals surface area (Å²) in [7, 11) is 3.23. The zero-order valence-electron chi connectivity index (χ0n) is 12.2. The molecule has 2 N–H and O–H groups in total. The maximum Gasteiger partial charge on any atom is 0.234 e. The van der Waals surface area contributed by atoms with Crippen LogP contribution in [0.1, 0.15) is 19.4 Å². The summed E-state index contributed by atoms with van der Waals surface area (Å²) in [5, 5.41) is 5.94. The maximum absolute atomic E-state index is 11.5. The molecule has 5 nitrogen and oxygen atoms in total. The molecule has 0 radical (unpaired) electrons. The van der Waals surface area contributed by atoms with E-state index in [0.717, 1.165) is 14.9 Å². The van der Waals surface area contributed by atoms with E-state index in [-0.39, 0.29) is 11.9 Å². The number of ether oxygens (including phenoxy) is 2. The highest BCUT2D eigenvalue weighted by Gasteiger charge is 2.10. The molecule has 1 rings (SSSR count). The molecular formula is C14H21IN2O3. The van der Waals surface area contributed by atoms with Crippen LogP contribution in [0, 0.1) is 3.57 Å². The van der Waals surface area contributed by atoms with E-state index < -0.39 is 0 Å². The third-order valence-corrected chi connectivity index (χ3v) is 3.36. The lowest BCUT2D eigenvalue weighted by molar-refractivity contribution is -0.120. The minimum atomic E-state index is -0.00447. The summed E-state index contributed by atoms with van der Waals surface area (Å²) < 4.78 is 11.6. The van der Waals surface area contributed by atoms with Gasteiger partial charge in [-0.15, -0.1) is 0 Å². The summed E-state index contributed by atoms with van der Waals surface area (Å²) in [5.74, 6) is 1.42. The topological polar surface area (TPSA) is 59.6 Å². The Kier molecular flexibility index (Phi) is 7.08. The molecule has 0 fully saturated rings. The molecule has 0 aliphatic carbocycles. The van der Waals surface area contributed by atoms with Crippen molar-refractivity contribution < 1.29 is 14.3 Å². The van der Waals surface area contributed by atoms with Crippen LogP contribution in [0.3, 0.4) is 0 Å². The first-order valence-corrected chi connectivity index (χ1v) is 7.46. The molecule has 0 heterocycles. The van der Waals surface area contributed by atoms with Gasteiger partial charge in [0, 0.05) is 12.6 Å². The molecule has 0 saturated carbocycles. The number of nitrogens with one attached hydrogen (secondary N) is 2. The quantitative estimate of drug-likeness (QED) is 0.697. The molecule has 0 bridgehead atoms. The Morgan fingerprint density at radius 1 is 1.30 bits per heavy atom. The van der Waals surface area contributed by atoms with Gasteiger partial charge in [-0.2, -0.15) is 0 Å². The normalized spacial score (nSPS) is 10.5. The number of methoxy groups -OCH3 is 2. The molecule has 0 unspecified atom stereocenters. The number of halogens is 1. The standard InChI is InChI=1S/C14H21IN2O3/c1-9(2)17-13(18)8-16-7-10-5-11(15)14(20-4)12(6-10)19-3/h5-6,9,16H,7-8H2,1-4H3,(H,17,18). The fourth-order valence-corrected chi connectivity index (χ4v) is 2.65. The average molecular weight is 392 g/mol. The van der Waals surface area contributed by atoms with Crippen LogP contribution in [-0.2, 0) is 11.3 Å². The zero-order valence-corrected chi connectivity index (χ0v) is 14.4. The molecule has 0 atom stereocenters. The number of amides is 1. The van der Waals surface area contributed by atoms with Crippen molar-refractivity contribution in [2.45, 2.75) is 26.4 Å². The first kappa shape index (κ1) is 17.0. The molecule has 0 aliphatic rings. The summed E-state index contributed by atoms with van der Waals surface area (Å²) in [4.78, 5) is 11.5. The van der Waals surface area contributed by atoms with Crippen LogP contribution in [0.25, 0.3) is 0 Å². The molecule has 0 saturated heterocycles. The van der Waals surface area contributed by atoms with E-state index in [2.05, 4.69) is 33.2 Å². The van der Waals surface area contributed by atoms with E-state index in [1.54, 1.807) is 14.2 Å². The predicted molar refractivity (Wildman–Crippen MR) is 87.2 cm³/mol. The van der Waals surface area contributed by atoms with Crippen molar-refractivity contribution >= 4 is 28.5 Å². The predicted octanol–water partition coefficient (Wildman–Crippen LogP) is 1.92. The van der Waals surface area contributed by atoms with Gasteiger partial charge in [0.2, 0.25) is 5.91 Å². The third-order valence-electron chi connectivity index (χ3n) is 2.56. The Balaban J connectivity index is 2.61. The third kappa shape index (κ3) is 5.16. The van der Waals surface area contributed by atoms with Gasteiger partial charge in [0.05, 0.1) is 24.3 Å². The Bertz CT molecular complexity index is 464. The lowest BCUT2D eigenvalue weighted by Gasteiger charge is -2.13. The van der Waals surface area contributed by atoms with Crippen molar-refractivity contribution in [2.24, 2.45) is 0 Å². The number of carbonyl (C=O) groups is 1. The van der Waals surface area contributed by atoms with Gasteiger partial charge < -0.3 is 20.1 Å². The van der Waals surface area contributed by atoms with Crippen molar-refractivity contribution in [1.29, 1.82) is 0 Å². The van der Waals surface area contributed by atoms with Crippen molar-refractivity contribution in [1.82, 2.24) is 10.6 Å². The first-order valence-electron chi connectivity index (χ1n) is 6.38. The lowest BCUT2D eigenvalue weighted by Crippen LogP contribution is -2.37. The molecule has 112 valence electrons. The molecular weight excluding hydrogens is 371 g/mol. The Hall–Kier alpha value is -1.02. The van der Waals surface area contributed by atoms with Crippen molar-refractivity contribution in [3.8, 4) is 11.5 Å². The fourth-order valence-electron chi connectivity index (χ4n) is 1.77. The SMILES string of the molecule is COc1cc(CNCC(=O)NC(C)C)cc(I)c1OC. The van der Waals surface area contributed by atoms with Crippen LogP contribution in [0.5, 0.6) is 11.5 Å². The van der Waals surface area contributed by atoms with E-state index in [0.29, 0.717) is 18.8 Å². The molecule has 0 aromatic heterocycles. The van der Waals surface area contributed by atoms with E-state index in [9.17, 15) is 4.79 Å². The van der Waals surface area contributed by atoms with Crippen LogP contribution in [-0.4, -0.2) is 32.7 Å². The van der Waals surface area contributed by atoms with Crippen LogP contribution in [0.15, 0.2) is 12.1 Å². The second kappa shape index (κ2) is 8.31. The van der Waals surface area contributed by atoms with Crippen LogP contribution >= 0.6 is 22.6 Å². The van der Waals surface area contributed by atoms with Gasteiger partial charge in [-0.25, -0.2) is 0 Å². The lowest BCUT2D eigenvalue weighted by atomic mass is 10.2. The number of hydrogen-bond acceptors (Lipinski definition) is 4. The van der Waals surface area contributed by atoms with Crippen LogP contribution in [0.2, 0.25) is 0 Å². The van der Waals surface area contributed by atoms with Gasteiger partial charge >= 0.3 is 0 Å². The monoisotopic (exact) mass is 392 g/mol. The van der Waals surface area contributed by atoms with E-state index in [4.69, 9.17) is 9.47 Å². The first-order chi connectivity index (χ1) is 9.47. The minimum Gasteiger partial charge on any atom is -0.493 e. The summed E-state index contributed by atoms with van der Waals surface area (Å²) in [6.07, 6.45) is 0. The molecule has 20 heavy (non-hydrogen) atoms. The second-order valence-electron chi connectivity index (χ2n) is 4.64. The number of benzene rings is 1. The maximum atomic E-state index is 11.5. The Labute approximate surface area is 133 Å². The number of hydrogen-bond donors (Lipinski definition) is 2. The highest BCUT2D eigenvalue weighted by molar-refractivity contribution is 14.1. The van der Waals surface area contributed by atoms with Gasteiger partial charge in [0.1, 0.15) is 0 Å². The summed E-state index contributed by atoms with van der Waals surface area (Å²) in [6.45, 7) is 4.77. The Morgan fingerprint density at radius 3 is 2.55 bits per heavy atom. The van der Waals surface area contributed by atoms with Gasteiger partial charge in [-0.1, -0.05) is 0 Å². The summed E-state index contributed by atoms with van der Waals surface area (Å²) in [5.41, 5.74) is 1.05. The van der Waals surface area contributed by atoms with Crippen LogP contribution < -0.4 is 20.1 Å². The van der Waals surface area contributed by atoms with Gasteiger partial charge in [-0.05, 0) is 54.1 Å². The Morgan fingerprint density at radius 2 is 2.00 bits per heavy atom. The smallest absolute Gasteiger partial charge is 0.234 e. The van der Waals surface area contributed by atoms with Gasteiger partial charge in [-0.3, -0.25) is 4.79 Å². The van der Waals surface area contributed by atoms with Crippen molar-refractivity contribution in [3.05, 3.63) is 21.3 Å². The number of rotatable bonds is 7. The molecule has 1 aromatic rings. The van der Waals surface area contributed by atoms with Gasteiger partial charge in [0.25, 0.3) is 0 Å². The molecule has 0 spiro atoms. The van der Waals surface area contributed by atoms with E-state index >= 15 is 0 Å². The molecule has 0 aliphatic heterocycles. The van der Waals surface area contributed by atoms with Gasteiger partial charge in [0.15, 0.2) is 11.5 Å². The highest BCUT2D eigenvalue weighted by atomic mass is 127. The summed E-state index contributed by atoms with van der Waals surface area (Å²) >= 11 is 2.20. The molecule has 1 aromatic carbocycles. The largest absolute Gasteiger partial charge is 0.493 e. The van der Waals surface area contributed by atoms with E-state index in [1.165, 1.54) is 0 Å². The fraction of sp³-hybridized carbons (Fsp3) is 0.500. The van der Waals surface area contributed by atoms with Crippen LogP contribution in [0.4, 0.5) is 0 Å². The number of carbonyl (C=O) groups excluding carboxylic acids is 1. The highest BCUT2D eigenvalue weighted by Crippen LogP contribution is 2.33. The van der Waals surface area contributed by atoms with E-state index in [1.807, 2.05) is 26.0 Å².